The van der Waals surface area contributed by atoms with E-state index in [0.717, 1.165) is 18.4 Å². The van der Waals surface area contributed by atoms with Gasteiger partial charge >= 0.3 is 0 Å². The molecule has 7 nitrogen and oxygen atoms in total. The molecule has 5 rings (SSSR count). The van der Waals surface area contributed by atoms with Crippen LogP contribution >= 0.6 is 23.4 Å². The number of carbonyl (C=O) groups is 3. The molecule has 3 heterocycles. The largest absolute Gasteiger partial charge is 0.394 e. The van der Waals surface area contributed by atoms with Crippen molar-refractivity contribution in [1.29, 1.82) is 0 Å². The average molecular weight is 608 g/mol. The van der Waals surface area contributed by atoms with E-state index < -0.39 is 28.7 Å². The first-order valence-electron chi connectivity index (χ1n) is 14.6. The van der Waals surface area contributed by atoms with Crippen molar-refractivity contribution in [1.82, 2.24) is 9.80 Å². The van der Waals surface area contributed by atoms with E-state index in [-0.39, 0.29) is 36.1 Å². The van der Waals surface area contributed by atoms with Crippen LogP contribution in [0.15, 0.2) is 79.9 Å². The number of aliphatic hydroxyl groups excluding tert-OH is 1. The summed E-state index contributed by atoms with van der Waals surface area (Å²) in [6, 6.07) is 14.7. The van der Waals surface area contributed by atoms with E-state index in [1.54, 1.807) is 62.9 Å². The number of fused-ring (bicyclic) bond motifs is 1. The van der Waals surface area contributed by atoms with Crippen LogP contribution in [0.1, 0.15) is 37.8 Å². The highest BCUT2D eigenvalue weighted by Gasteiger charge is 2.74. The molecule has 3 amide bonds. The number of thioether (sulfide) groups is 1. The molecule has 222 valence electrons. The number of amides is 3. The molecule has 0 aliphatic carbocycles. The third-order valence-corrected chi connectivity index (χ3v) is 11.0. The highest BCUT2D eigenvalue weighted by Crippen LogP contribution is 2.67. The second-order valence-electron chi connectivity index (χ2n) is 11.2. The van der Waals surface area contributed by atoms with Crippen molar-refractivity contribution in [2.45, 2.75) is 48.3 Å². The summed E-state index contributed by atoms with van der Waals surface area (Å²) in [4.78, 5) is 48.6. The lowest BCUT2D eigenvalue weighted by molar-refractivity contribution is -0.145. The van der Waals surface area contributed by atoms with Crippen LogP contribution in [0, 0.1) is 11.8 Å². The monoisotopic (exact) mass is 607 g/mol. The summed E-state index contributed by atoms with van der Waals surface area (Å²) in [6.07, 6.45) is 5.55. The summed E-state index contributed by atoms with van der Waals surface area (Å²) in [5, 5.41) is 11.2. The first-order valence-corrected chi connectivity index (χ1v) is 15.8. The van der Waals surface area contributed by atoms with Crippen LogP contribution in [-0.4, -0.2) is 74.9 Å². The molecule has 2 unspecified atom stereocenters. The number of benzene rings is 2. The van der Waals surface area contributed by atoms with Crippen LogP contribution in [0.3, 0.4) is 0 Å². The van der Waals surface area contributed by atoms with E-state index in [4.69, 9.17) is 11.6 Å². The number of aliphatic hydroxyl groups is 1. The molecular formula is C33H38ClN3O4S. The fraction of sp³-hybridized carbons (Fsp3) is 0.424. The molecule has 3 aliphatic heterocycles. The topological polar surface area (TPSA) is 81.2 Å². The number of hydrogen-bond donors (Lipinski definition) is 1. The Balaban J connectivity index is 1.63. The first kappa shape index (κ1) is 30.4. The number of likely N-dealkylation sites (tertiary alicyclic amines) is 1. The predicted octanol–water partition coefficient (Wildman–Crippen LogP) is 5.11. The average Bonchev–Trinajstić information content (AvgIpc) is 3.64. The number of hydrogen-bond acceptors (Lipinski definition) is 5. The Bertz CT molecular complexity index is 1340. The predicted molar refractivity (Wildman–Crippen MR) is 168 cm³/mol. The minimum atomic E-state index is -0.880. The quantitative estimate of drug-likeness (QED) is 0.339. The fourth-order valence-electron chi connectivity index (χ4n) is 7.17. The van der Waals surface area contributed by atoms with Gasteiger partial charge in [-0.05, 0) is 49.1 Å². The maximum Gasteiger partial charge on any atom is 0.251 e. The Labute approximate surface area is 257 Å². The van der Waals surface area contributed by atoms with Crippen molar-refractivity contribution in [2.24, 2.45) is 11.8 Å². The summed E-state index contributed by atoms with van der Waals surface area (Å²) >= 11 is 7.79. The van der Waals surface area contributed by atoms with Gasteiger partial charge in [-0.25, -0.2) is 0 Å². The summed E-state index contributed by atoms with van der Waals surface area (Å²) < 4.78 is -0.792. The third-order valence-electron chi connectivity index (χ3n) is 8.82. The molecule has 42 heavy (non-hydrogen) atoms. The van der Waals surface area contributed by atoms with E-state index in [2.05, 4.69) is 13.2 Å². The molecule has 9 heteroatoms. The molecule has 0 aromatic heterocycles. The fourth-order valence-corrected chi connectivity index (χ4v) is 9.48. The number of carbonyl (C=O) groups excluding carboxylic acids is 3. The zero-order valence-electron chi connectivity index (χ0n) is 23.9. The van der Waals surface area contributed by atoms with Crippen LogP contribution < -0.4 is 4.90 Å². The molecule has 6 atom stereocenters. The summed E-state index contributed by atoms with van der Waals surface area (Å²) in [7, 11) is 0. The molecular weight excluding hydrogens is 570 g/mol. The van der Waals surface area contributed by atoms with Crippen LogP contribution in [0.25, 0.3) is 0 Å². The molecule has 0 saturated carbocycles. The first-order chi connectivity index (χ1) is 20.3. The smallest absolute Gasteiger partial charge is 0.251 e. The van der Waals surface area contributed by atoms with Gasteiger partial charge in [-0.1, -0.05) is 61.0 Å². The minimum absolute atomic E-state index is 0.0527. The second-order valence-corrected chi connectivity index (χ2v) is 13.2. The molecule has 2 aromatic carbocycles. The second kappa shape index (κ2) is 12.7. The molecule has 3 fully saturated rings. The van der Waals surface area contributed by atoms with Gasteiger partial charge in [-0.3, -0.25) is 14.4 Å². The van der Waals surface area contributed by atoms with E-state index in [0.29, 0.717) is 30.2 Å². The van der Waals surface area contributed by atoms with Crippen LogP contribution in [-0.2, 0) is 14.4 Å². The summed E-state index contributed by atoms with van der Waals surface area (Å²) in [5.41, 5.74) is 1.38. The third kappa shape index (κ3) is 5.07. The zero-order valence-corrected chi connectivity index (χ0v) is 25.5. The van der Waals surface area contributed by atoms with E-state index in [1.165, 1.54) is 0 Å². The Hall–Kier alpha value is -3.07. The van der Waals surface area contributed by atoms with Crippen molar-refractivity contribution in [3.63, 3.8) is 0 Å². The Morgan fingerprint density at radius 2 is 1.81 bits per heavy atom. The van der Waals surface area contributed by atoms with Gasteiger partial charge in [-0.2, -0.15) is 0 Å². The standard InChI is InChI=1S/C33H38ClN3O4S/c1-4-18-35(19-5-2)30(39)27-26-16-17-33(42-26)28(27)31(40)37(25(21-38)22-10-8-7-9-11-22)29(33)32(41)36(20-6-3)24-14-12-23(34)13-15-24/h4,6-15,25-29,38H,1,3,5,16-21H2,2H3/t25-,26-,27+,28+,29?,33?/m1/s1. The van der Waals surface area contributed by atoms with E-state index in [9.17, 15) is 19.5 Å². The van der Waals surface area contributed by atoms with Gasteiger partial charge in [0, 0.05) is 35.6 Å². The van der Waals surface area contributed by atoms with Gasteiger partial charge in [0.05, 0.1) is 29.2 Å². The van der Waals surface area contributed by atoms with Crippen molar-refractivity contribution in [3.8, 4) is 0 Å². The normalized spacial score (nSPS) is 26.5. The minimum Gasteiger partial charge on any atom is -0.394 e. The van der Waals surface area contributed by atoms with Gasteiger partial charge in [0.15, 0.2) is 0 Å². The van der Waals surface area contributed by atoms with Crippen LogP contribution in [0.5, 0.6) is 0 Å². The van der Waals surface area contributed by atoms with Gasteiger partial charge in [0.2, 0.25) is 11.8 Å². The van der Waals surface area contributed by atoms with Crippen LogP contribution in [0.2, 0.25) is 5.02 Å². The molecule has 1 spiro atoms. The van der Waals surface area contributed by atoms with E-state index >= 15 is 0 Å². The SMILES string of the molecule is C=CCN(CCC)C(=O)[C@@H]1[C@H]2C(=O)N([C@H](CO)c3ccccc3)C(C(=O)N(CC=C)c3ccc(Cl)cc3)C23CC[C@H]1S3. The lowest BCUT2D eigenvalue weighted by Gasteiger charge is -2.39. The maximum atomic E-state index is 14.8. The number of anilines is 1. The summed E-state index contributed by atoms with van der Waals surface area (Å²) in [5.74, 6) is -1.75. The lowest BCUT2D eigenvalue weighted by Crippen LogP contribution is -2.56. The van der Waals surface area contributed by atoms with Gasteiger partial charge in [0.1, 0.15) is 6.04 Å². The van der Waals surface area contributed by atoms with Gasteiger partial charge in [0.25, 0.3) is 5.91 Å². The number of halogens is 1. The lowest BCUT2D eigenvalue weighted by atomic mass is 9.70. The molecule has 3 aliphatic rings. The highest BCUT2D eigenvalue weighted by molar-refractivity contribution is 8.02. The Morgan fingerprint density at radius 3 is 2.43 bits per heavy atom. The molecule has 2 bridgehead atoms. The molecule has 1 N–H and O–H groups in total. The van der Waals surface area contributed by atoms with E-state index in [1.807, 2.05) is 37.3 Å². The Morgan fingerprint density at radius 1 is 1.12 bits per heavy atom. The summed E-state index contributed by atoms with van der Waals surface area (Å²) in [6.45, 7) is 10.6. The molecule has 0 radical (unpaired) electrons. The van der Waals surface area contributed by atoms with Crippen molar-refractivity contribution >= 4 is 46.8 Å². The van der Waals surface area contributed by atoms with Gasteiger partial charge in [-0.15, -0.1) is 24.9 Å². The number of rotatable bonds is 12. The molecule has 3 saturated heterocycles. The van der Waals surface area contributed by atoms with Crippen molar-refractivity contribution in [3.05, 3.63) is 90.5 Å². The Kier molecular flexibility index (Phi) is 9.16. The highest BCUT2D eigenvalue weighted by atomic mass is 35.5. The van der Waals surface area contributed by atoms with Gasteiger partial charge < -0.3 is 19.8 Å². The van der Waals surface area contributed by atoms with Crippen molar-refractivity contribution < 1.29 is 19.5 Å². The zero-order chi connectivity index (χ0) is 30.0. The number of nitrogens with zero attached hydrogens (tertiary/aromatic N) is 3. The maximum absolute atomic E-state index is 14.8. The molecule has 2 aromatic rings. The van der Waals surface area contributed by atoms with Crippen molar-refractivity contribution in [2.75, 3.05) is 31.1 Å². The van der Waals surface area contributed by atoms with Crippen LogP contribution in [0.4, 0.5) is 5.69 Å².